The molecule has 2 fully saturated rings. The lowest BCUT2D eigenvalue weighted by Crippen LogP contribution is -2.46. The van der Waals surface area contributed by atoms with E-state index in [-0.39, 0.29) is 17.9 Å². The highest BCUT2D eigenvalue weighted by atomic mass is 32.2. The first-order valence-electron chi connectivity index (χ1n) is 5.98. The van der Waals surface area contributed by atoms with E-state index < -0.39 is 10.0 Å². The normalized spacial score (nSPS) is 29.7. The molecule has 0 spiro atoms. The van der Waals surface area contributed by atoms with Crippen LogP contribution in [0.2, 0.25) is 0 Å². The van der Waals surface area contributed by atoms with Crippen molar-refractivity contribution in [3.05, 3.63) is 0 Å². The lowest BCUT2D eigenvalue weighted by atomic mass is 10.2. The van der Waals surface area contributed by atoms with Gasteiger partial charge in [0.1, 0.15) is 0 Å². The molecule has 1 unspecified atom stereocenters. The van der Waals surface area contributed by atoms with Crippen LogP contribution in [0.3, 0.4) is 0 Å². The molecule has 0 bridgehead atoms. The summed E-state index contributed by atoms with van der Waals surface area (Å²) in [6.45, 7) is 2.09. The Balaban J connectivity index is 2.11. The summed E-state index contributed by atoms with van der Waals surface area (Å²) in [6, 6.07) is -0.181. The molecule has 1 atom stereocenters. The minimum Gasteiger partial charge on any atom is -0.395 e. The summed E-state index contributed by atoms with van der Waals surface area (Å²) in [7, 11) is -3.19. The van der Waals surface area contributed by atoms with Crippen molar-refractivity contribution in [3.8, 4) is 0 Å². The monoisotopic (exact) mass is 248 g/mol. The van der Waals surface area contributed by atoms with Crippen LogP contribution >= 0.6 is 0 Å². The zero-order valence-corrected chi connectivity index (χ0v) is 10.2. The van der Waals surface area contributed by atoms with E-state index in [0.717, 1.165) is 25.9 Å². The van der Waals surface area contributed by atoms with E-state index in [1.807, 2.05) is 0 Å². The summed E-state index contributed by atoms with van der Waals surface area (Å²) >= 11 is 0. The lowest BCUT2D eigenvalue weighted by molar-refractivity contribution is 0.212. The lowest BCUT2D eigenvalue weighted by Gasteiger charge is -2.30. The first-order valence-corrected chi connectivity index (χ1v) is 7.49. The third-order valence-corrected chi connectivity index (χ3v) is 6.02. The van der Waals surface area contributed by atoms with Crippen LogP contribution in [0.5, 0.6) is 0 Å². The average Bonchev–Trinajstić information content (AvgIpc) is 2.79. The second kappa shape index (κ2) is 5.00. The van der Waals surface area contributed by atoms with Gasteiger partial charge in [-0.05, 0) is 38.8 Å². The number of piperidine rings is 1. The predicted octanol–water partition coefficient (Wildman–Crippen LogP) is -0.475. The van der Waals surface area contributed by atoms with E-state index in [1.165, 1.54) is 4.31 Å². The third-order valence-electron chi connectivity index (χ3n) is 3.57. The summed E-state index contributed by atoms with van der Waals surface area (Å²) in [5.74, 6) is 0. The van der Waals surface area contributed by atoms with Gasteiger partial charge in [0.2, 0.25) is 10.0 Å². The number of nitrogens with zero attached hydrogens (tertiary/aromatic N) is 1. The predicted molar refractivity (Wildman–Crippen MR) is 61.6 cm³/mol. The van der Waals surface area contributed by atoms with Crippen molar-refractivity contribution in [3.63, 3.8) is 0 Å². The number of rotatable bonds is 3. The second-order valence-electron chi connectivity index (χ2n) is 4.58. The van der Waals surface area contributed by atoms with Crippen molar-refractivity contribution in [2.75, 3.05) is 26.2 Å². The maximum atomic E-state index is 12.3. The molecule has 2 saturated heterocycles. The highest BCUT2D eigenvalue weighted by Gasteiger charge is 2.39. The Bertz CT molecular complexity index is 325. The Morgan fingerprint density at radius 1 is 1.25 bits per heavy atom. The molecule has 2 heterocycles. The molecular weight excluding hydrogens is 228 g/mol. The van der Waals surface area contributed by atoms with Crippen LogP contribution in [0.1, 0.15) is 25.7 Å². The smallest absolute Gasteiger partial charge is 0.217 e. The fourth-order valence-electron chi connectivity index (χ4n) is 2.61. The summed E-state index contributed by atoms with van der Waals surface area (Å²) in [4.78, 5) is 0. The summed E-state index contributed by atoms with van der Waals surface area (Å²) in [5.41, 5.74) is 0. The third kappa shape index (κ3) is 2.25. The van der Waals surface area contributed by atoms with Crippen molar-refractivity contribution < 1.29 is 13.5 Å². The highest BCUT2D eigenvalue weighted by molar-refractivity contribution is 7.89. The quantitative estimate of drug-likeness (QED) is 0.708. The van der Waals surface area contributed by atoms with E-state index in [2.05, 4.69) is 5.32 Å². The molecule has 16 heavy (non-hydrogen) atoms. The topological polar surface area (TPSA) is 69.6 Å². The molecular formula is C10H20N2O3S. The molecule has 0 aromatic rings. The van der Waals surface area contributed by atoms with Gasteiger partial charge in [-0.2, -0.15) is 4.31 Å². The minimum absolute atomic E-state index is 0.0514. The zero-order chi connectivity index (χ0) is 11.6. The molecule has 2 aliphatic rings. The first kappa shape index (κ1) is 12.3. The van der Waals surface area contributed by atoms with Crippen molar-refractivity contribution in [2.24, 2.45) is 0 Å². The second-order valence-corrected chi connectivity index (χ2v) is 6.75. The van der Waals surface area contributed by atoms with E-state index in [9.17, 15) is 13.5 Å². The largest absolute Gasteiger partial charge is 0.395 e. The Labute approximate surface area is 96.9 Å². The van der Waals surface area contributed by atoms with Gasteiger partial charge in [-0.3, -0.25) is 0 Å². The summed E-state index contributed by atoms with van der Waals surface area (Å²) in [6.07, 6.45) is 3.05. The molecule has 0 aliphatic carbocycles. The maximum absolute atomic E-state index is 12.3. The number of aliphatic hydroxyl groups is 1. The van der Waals surface area contributed by atoms with Gasteiger partial charge in [0.15, 0.2) is 0 Å². The standard InChI is InChI=1S/C10H20N2O3S/c13-8-9-2-1-7-12(9)16(14,15)10-3-5-11-6-4-10/h9-11,13H,1-8H2. The number of aliphatic hydroxyl groups excluding tert-OH is 1. The molecule has 0 amide bonds. The van der Waals surface area contributed by atoms with Crippen LogP contribution in [-0.2, 0) is 10.0 Å². The van der Waals surface area contributed by atoms with Crippen LogP contribution in [-0.4, -0.2) is 55.4 Å². The Kier molecular flexibility index (Phi) is 3.84. The van der Waals surface area contributed by atoms with Gasteiger partial charge in [0.25, 0.3) is 0 Å². The van der Waals surface area contributed by atoms with Crippen molar-refractivity contribution in [2.45, 2.75) is 37.0 Å². The Morgan fingerprint density at radius 3 is 2.56 bits per heavy atom. The number of hydrogen-bond acceptors (Lipinski definition) is 4. The van der Waals surface area contributed by atoms with Crippen molar-refractivity contribution in [1.82, 2.24) is 9.62 Å². The molecule has 2 aliphatic heterocycles. The molecule has 94 valence electrons. The molecule has 6 heteroatoms. The summed E-state index contributed by atoms with van der Waals surface area (Å²) in [5, 5.41) is 12.1. The van der Waals surface area contributed by atoms with Gasteiger partial charge in [-0.1, -0.05) is 0 Å². The number of sulfonamides is 1. The first-order chi connectivity index (χ1) is 7.66. The average molecular weight is 248 g/mol. The van der Waals surface area contributed by atoms with Gasteiger partial charge in [0, 0.05) is 12.6 Å². The van der Waals surface area contributed by atoms with Gasteiger partial charge in [-0.15, -0.1) is 0 Å². The van der Waals surface area contributed by atoms with Crippen LogP contribution in [0, 0.1) is 0 Å². The van der Waals surface area contributed by atoms with Crippen molar-refractivity contribution in [1.29, 1.82) is 0 Å². The SMILES string of the molecule is O=S(=O)(C1CCNCC1)N1CCCC1CO. The molecule has 0 saturated carbocycles. The molecule has 2 N–H and O–H groups in total. The highest BCUT2D eigenvalue weighted by Crippen LogP contribution is 2.26. The van der Waals surface area contributed by atoms with E-state index >= 15 is 0 Å². The number of hydrogen-bond donors (Lipinski definition) is 2. The van der Waals surface area contributed by atoms with Gasteiger partial charge < -0.3 is 10.4 Å². The van der Waals surface area contributed by atoms with Crippen LogP contribution in [0.4, 0.5) is 0 Å². The fourth-order valence-corrected chi connectivity index (χ4v) is 4.80. The fraction of sp³-hybridized carbons (Fsp3) is 1.00. The zero-order valence-electron chi connectivity index (χ0n) is 9.43. The molecule has 2 rings (SSSR count). The minimum atomic E-state index is -3.19. The Morgan fingerprint density at radius 2 is 1.94 bits per heavy atom. The number of nitrogens with one attached hydrogen (secondary N) is 1. The van der Waals surface area contributed by atoms with E-state index in [4.69, 9.17) is 0 Å². The molecule has 0 aromatic carbocycles. The molecule has 0 radical (unpaired) electrons. The summed E-state index contributed by atoms with van der Waals surface area (Å²) < 4.78 is 26.2. The maximum Gasteiger partial charge on any atom is 0.217 e. The Hall–Kier alpha value is -0.170. The van der Waals surface area contributed by atoms with Crippen LogP contribution in [0.15, 0.2) is 0 Å². The van der Waals surface area contributed by atoms with E-state index in [0.29, 0.717) is 19.4 Å². The van der Waals surface area contributed by atoms with Crippen LogP contribution < -0.4 is 5.32 Å². The molecule has 0 aromatic heterocycles. The van der Waals surface area contributed by atoms with Gasteiger partial charge >= 0.3 is 0 Å². The van der Waals surface area contributed by atoms with Gasteiger partial charge in [-0.25, -0.2) is 8.42 Å². The van der Waals surface area contributed by atoms with Crippen LogP contribution in [0.25, 0.3) is 0 Å². The molecule has 5 nitrogen and oxygen atoms in total. The van der Waals surface area contributed by atoms with Crippen molar-refractivity contribution >= 4 is 10.0 Å². The van der Waals surface area contributed by atoms with Gasteiger partial charge in [0.05, 0.1) is 11.9 Å². The van der Waals surface area contributed by atoms with E-state index in [1.54, 1.807) is 0 Å².